The normalized spacial score (nSPS) is 10.7. The SMILES string of the molecule is Cc1nc(CNCCc2ccc(F)cc2)cs1. The number of nitrogens with one attached hydrogen (secondary N) is 1. The van der Waals surface area contributed by atoms with Gasteiger partial charge in [-0.25, -0.2) is 9.37 Å². The highest BCUT2D eigenvalue weighted by molar-refractivity contribution is 7.09. The molecule has 2 aromatic rings. The van der Waals surface area contributed by atoms with Gasteiger partial charge in [0.15, 0.2) is 0 Å². The number of aryl methyl sites for hydroxylation is 1. The molecule has 0 amide bonds. The molecule has 0 aliphatic heterocycles. The van der Waals surface area contributed by atoms with Gasteiger partial charge in [0.05, 0.1) is 10.7 Å². The summed E-state index contributed by atoms with van der Waals surface area (Å²) in [7, 11) is 0. The lowest BCUT2D eigenvalue weighted by atomic mass is 10.1. The zero-order chi connectivity index (χ0) is 12.1. The average Bonchev–Trinajstić information content (AvgIpc) is 2.73. The molecule has 0 radical (unpaired) electrons. The predicted octanol–water partition coefficient (Wildman–Crippen LogP) is 2.92. The van der Waals surface area contributed by atoms with Crippen LogP contribution in [0.5, 0.6) is 0 Å². The lowest BCUT2D eigenvalue weighted by Gasteiger charge is -2.03. The van der Waals surface area contributed by atoms with E-state index in [2.05, 4.69) is 15.7 Å². The van der Waals surface area contributed by atoms with Crippen LogP contribution in [0, 0.1) is 12.7 Å². The van der Waals surface area contributed by atoms with Crippen LogP contribution in [0.3, 0.4) is 0 Å². The van der Waals surface area contributed by atoms with E-state index < -0.39 is 0 Å². The molecule has 0 aliphatic carbocycles. The fraction of sp³-hybridized carbons (Fsp3) is 0.308. The Kier molecular flexibility index (Phi) is 4.23. The van der Waals surface area contributed by atoms with Crippen LogP contribution in [0.4, 0.5) is 4.39 Å². The van der Waals surface area contributed by atoms with Crippen LogP contribution in [-0.2, 0) is 13.0 Å². The summed E-state index contributed by atoms with van der Waals surface area (Å²) in [4.78, 5) is 4.37. The largest absolute Gasteiger partial charge is 0.311 e. The van der Waals surface area contributed by atoms with E-state index in [-0.39, 0.29) is 5.82 Å². The third-order valence-electron chi connectivity index (χ3n) is 2.48. The van der Waals surface area contributed by atoms with Gasteiger partial charge in [0, 0.05) is 11.9 Å². The maximum atomic E-state index is 12.7. The molecule has 0 saturated carbocycles. The molecule has 0 atom stereocenters. The van der Waals surface area contributed by atoms with Crippen molar-refractivity contribution in [3.05, 3.63) is 51.7 Å². The van der Waals surface area contributed by atoms with Crippen molar-refractivity contribution in [2.75, 3.05) is 6.54 Å². The van der Waals surface area contributed by atoms with E-state index in [9.17, 15) is 4.39 Å². The summed E-state index contributed by atoms with van der Waals surface area (Å²) < 4.78 is 12.7. The van der Waals surface area contributed by atoms with Crippen LogP contribution in [0.2, 0.25) is 0 Å². The Hall–Kier alpha value is -1.26. The van der Waals surface area contributed by atoms with E-state index in [0.29, 0.717) is 0 Å². The number of halogens is 1. The van der Waals surface area contributed by atoms with E-state index in [4.69, 9.17) is 0 Å². The summed E-state index contributed by atoms with van der Waals surface area (Å²) in [5, 5.41) is 6.50. The number of benzene rings is 1. The van der Waals surface area contributed by atoms with Crippen molar-refractivity contribution in [2.24, 2.45) is 0 Å². The van der Waals surface area contributed by atoms with Crippen molar-refractivity contribution in [2.45, 2.75) is 19.9 Å². The second kappa shape index (κ2) is 5.89. The zero-order valence-electron chi connectivity index (χ0n) is 9.74. The number of rotatable bonds is 5. The topological polar surface area (TPSA) is 24.9 Å². The lowest BCUT2D eigenvalue weighted by molar-refractivity contribution is 0.625. The van der Waals surface area contributed by atoms with Crippen molar-refractivity contribution < 1.29 is 4.39 Å². The molecule has 0 unspecified atom stereocenters. The van der Waals surface area contributed by atoms with E-state index in [1.54, 1.807) is 11.3 Å². The molecule has 0 aliphatic rings. The first-order valence-corrected chi connectivity index (χ1v) is 6.48. The molecule has 0 spiro atoms. The first-order valence-electron chi connectivity index (χ1n) is 5.60. The van der Waals surface area contributed by atoms with Gasteiger partial charge in [-0.2, -0.15) is 0 Å². The maximum absolute atomic E-state index is 12.7. The Bertz CT molecular complexity index is 465. The Balaban J connectivity index is 1.71. The molecule has 1 aromatic heterocycles. The minimum absolute atomic E-state index is 0.181. The average molecular weight is 250 g/mol. The van der Waals surface area contributed by atoms with Crippen molar-refractivity contribution in [1.82, 2.24) is 10.3 Å². The first kappa shape index (κ1) is 12.2. The summed E-state index contributed by atoms with van der Waals surface area (Å²) in [6.07, 6.45) is 0.906. The van der Waals surface area contributed by atoms with Gasteiger partial charge in [0.2, 0.25) is 0 Å². The van der Waals surface area contributed by atoms with Crippen molar-refractivity contribution in [3.63, 3.8) is 0 Å². The van der Waals surface area contributed by atoms with Crippen molar-refractivity contribution in [3.8, 4) is 0 Å². The fourth-order valence-electron chi connectivity index (χ4n) is 1.59. The Morgan fingerprint density at radius 2 is 2.06 bits per heavy atom. The van der Waals surface area contributed by atoms with Gasteiger partial charge in [-0.1, -0.05) is 12.1 Å². The van der Waals surface area contributed by atoms with Gasteiger partial charge in [0.1, 0.15) is 5.82 Å². The van der Waals surface area contributed by atoms with Gasteiger partial charge >= 0.3 is 0 Å². The second-order valence-electron chi connectivity index (χ2n) is 3.91. The smallest absolute Gasteiger partial charge is 0.123 e. The predicted molar refractivity (Wildman–Crippen MR) is 68.7 cm³/mol. The number of hydrogen-bond acceptors (Lipinski definition) is 3. The third kappa shape index (κ3) is 3.91. The quantitative estimate of drug-likeness (QED) is 0.825. The van der Waals surface area contributed by atoms with E-state index >= 15 is 0 Å². The van der Waals surface area contributed by atoms with Crippen LogP contribution in [0.1, 0.15) is 16.3 Å². The second-order valence-corrected chi connectivity index (χ2v) is 4.97. The molecule has 0 bridgehead atoms. The molecular formula is C13H15FN2S. The Morgan fingerprint density at radius 1 is 1.29 bits per heavy atom. The van der Waals surface area contributed by atoms with Gasteiger partial charge in [0.25, 0.3) is 0 Å². The molecule has 0 fully saturated rings. The summed E-state index contributed by atoms with van der Waals surface area (Å²) in [5.41, 5.74) is 2.24. The molecule has 4 heteroatoms. The first-order chi connectivity index (χ1) is 8.24. The highest BCUT2D eigenvalue weighted by atomic mass is 32.1. The molecule has 2 nitrogen and oxygen atoms in total. The molecule has 90 valence electrons. The summed E-state index contributed by atoms with van der Waals surface area (Å²) in [5.74, 6) is -0.181. The minimum atomic E-state index is -0.181. The van der Waals surface area contributed by atoms with Crippen molar-refractivity contribution in [1.29, 1.82) is 0 Å². The van der Waals surface area contributed by atoms with Gasteiger partial charge in [-0.3, -0.25) is 0 Å². The number of thiazole rings is 1. The van der Waals surface area contributed by atoms with Gasteiger partial charge in [-0.05, 0) is 37.6 Å². The lowest BCUT2D eigenvalue weighted by Crippen LogP contribution is -2.16. The molecule has 0 saturated heterocycles. The number of hydrogen-bond donors (Lipinski definition) is 1. The fourth-order valence-corrected chi connectivity index (χ4v) is 2.20. The number of aromatic nitrogens is 1. The molecule has 1 N–H and O–H groups in total. The minimum Gasteiger partial charge on any atom is -0.311 e. The monoisotopic (exact) mass is 250 g/mol. The van der Waals surface area contributed by atoms with Crippen LogP contribution in [0.25, 0.3) is 0 Å². The number of nitrogens with zero attached hydrogens (tertiary/aromatic N) is 1. The van der Waals surface area contributed by atoms with E-state index in [1.807, 2.05) is 19.1 Å². The van der Waals surface area contributed by atoms with Crippen LogP contribution >= 0.6 is 11.3 Å². The van der Waals surface area contributed by atoms with Gasteiger partial charge < -0.3 is 5.32 Å². The molecular weight excluding hydrogens is 235 g/mol. The maximum Gasteiger partial charge on any atom is 0.123 e. The Morgan fingerprint density at radius 3 is 2.71 bits per heavy atom. The summed E-state index contributed by atoms with van der Waals surface area (Å²) >= 11 is 1.67. The highest BCUT2D eigenvalue weighted by Crippen LogP contribution is 2.07. The van der Waals surface area contributed by atoms with E-state index in [0.717, 1.165) is 35.8 Å². The Labute approximate surface area is 105 Å². The van der Waals surface area contributed by atoms with E-state index in [1.165, 1.54) is 12.1 Å². The van der Waals surface area contributed by atoms with Crippen molar-refractivity contribution >= 4 is 11.3 Å². The van der Waals surface area contributed by atoms with Crippen LogP contribution in [0.15, 0.2) is 29.6 Å². The molecule has 17 heavy (non-hydrogen) atoms. The zero-order valence-corrected chi connectivity index (χ0v) is 10.6. The standard InChI is InChI=1S/C13H15FN2S/c1-10-16-13(9-17-10)8-15-7-6-11-2-4-12(14)5-3-11/h2-5,9,15H,6-8H2,1H3. The third-order valence-corrected chi connectivity index (χ3v) is 3.30. The van der Waals surface area contributed by atoms with Gasteiger partial charge in [-0.15, -0.1) is 11.3 Å². The van der Waals surface area contributed by atoms with Crippen LogP contribution in [-0.4, -0.2) is 11.5 Å². The van der Waals surface area contributed by atoms with Crippen LogP contribution < -0.4 is 5.32 Å². The molecule has 2 rings (SSSR count). The highest BCUT2D eigenvalue weighted by Gasteiger charge is 1.98. The molecule has 1 aromatic carbocycles. The summed E-state index contributed by atoms with van der Waals surface area (Å²) in [6, 6.07) is 6.65. The molecule has 1 heterocycles. The summed E-state index contributed by atoms with van der Waals surface area (Å²) in [6.45, 7) is 3.68.